The van der Waals surface area contributed by atoms with Crippen LogP contribution in [0.2, 0.25) is 0 Å². The van der Waals surface area contributed by atoms with Crippen molar-refractivity contribution in [3.05, 3.63) is 0 Å². The van der Waals surface area contributed by atoms with Crippen molar-refractivity contribution in [1.82, 2.24) is 5.32 Å². The minimum Gasteiger partial charge on any atom is -0.389 e. The van der Waals surface area contributed by atoms with Crippen molar-refractivity contribution in [1.29, 1.82) is 0 Å². The van der Waals surface area contributed by atoms with E-state index >= 15 is 0 Å². The zero-order valence-electron chi connectivity index (χ0n) is 7.94. The van der Waals surface area contributed by atoms with Crippen molar-refractivity contribution >= 4 is 0 Å². The highest BCUT2D eigenvalue weighted by molar-refractivity contribution is 5.01. The van der Waals surface area contributed by atoms with Gasteiger partial charge in [0.2, 0.25) is 0 Å². The first-order valence-corrected chi connectivity index (χ1v) is 4.27. The molecule has 1 atom stereocenters. The molecule has 1 aliphatic rings. The molecule has 0 radical (unpaired) electrons. The van der Waals surface area contributed by atoms with Crippen LogP contribution in [0, 0.1) is 5.41 Å². The van der Waals surface area contributed by atoms with Crippen LogP contribution in [0.4, 0.5) is 0 Å². The third-order valence-corrected chi connectivity index (χ3v) is 2.29. The molecule has 0 aliphatic heterocycles. The number of nitrogens with one attached hydrogen (secondary N) is 1. The highest BCUT2D eigenvalue weighted by atomic mass is 16.3. The van der Waals surface area contributed by atoms with Crippen LogP contribution in [-0.4, -0.2) is 23.3 Å². The summed E-state index contributed by atoms with van der Waals surface area (Å²) in [6, 6.07) is 0.619. The van der Waals surface area contributed by atoms with Crippen molar-refractivity contribution in [2.24, 2.45) is 5.41 Å². The summed E-state index contributed by atoms with van der Waals surface area (Å²) in [5, 5.41) is 12.7. The van der Waals surface area contributed by atoms with Crippen molar-refractivity contribution in [3.63, 3.8) is 0 Å². The van der Waals surface area contributed by atoms with E-state index in [4.69, 9.17) is 0 Å². The molecule has 66 valence electrons. The third kappa shape index (κ3) is 2.80. The van der Waals surface area contributed by atoms with Crippen LogP contribution in [-0.2, 0) is 0 Å². The van der Waals surface area contributed by atoms with Crippen molar-refractivity contribution in [2.75, 3.05) is 6.54 Å². The van der Waals surface area contributed by atoms with Gasteiger partial charge in [-0.1, -0.05) is 13.8 Å². The predicted octanol–water partition coefficient (Wildman–Crippen LogP) is 1.15. The Balaban J connectivity index is 2.16. The summed E-state index contributed by atoms with van der Waals surface area (Å²) in [7, 11) is 0. The fourth-order valence-corrected chi connectivity index (χ4v) is 1.19. The molecule has 1 fully saturated rings. The number of hydrogen-bond donors (Lipinski definition) is 2. The van der Waals surface area contributed by atoms with E-state index in [0.29, 0.717) is 18.0 Å². The van der Waals surface area contributed by atoms with Gasteiger partial charge in [0.1, 0.15) is 0 Å². The standard InChI is InChI=1S/C9H19NO/c1-8(2)5-7(8)10-6-9(3,4)11/h7,10-11H,5-6H2,1-4H3. The smallest absolute Gasteiger partial charge is 0.0715 e. The summed E-state index contributed by atoms with van der Waals surface area (Å²) < 4.78 is 0. The van der Waals surface area contributed by atoms with Gasteiger partial charge in [0.15, 0.2) is 0 Å². The molecule has 2 N–H and O–H groups in total. The Kier molecular flexibility index (Phi) is 2.01. The van der Waals surface area contributed by atoms with Crippen molar-refractivity contribution < 1.29 is 5.11 Å². The fraction of sp³-hybridized carbons (Fsp3) is 1.00. The molecular weight excluding hydrogens is 138 g/mol. The Bertz CT molecular complexity index is 146. The van der Waals surface area contributed by atoms with E-state index in [9.17, 15) is 5.11 Å². The van der Waals surface area contributed by atoms with Gasteiger partial charge in [-0.05, 0) is 25.7 Å². The number of hydrogen-bond acceptors (Lipinski definition) is 2. The highest BCUT2D eigenvalue weighted by Crippen LogP contribution is 2.44. The van der Waals surface area contributed by atoms with Crippen LogP contribution >= 0.6 is 0 Å². The summed E-state index contributed by atoms with van der Waals surface area (Å²) in [6.07, 6.45) is 1.24. The topological polar surface area (TPSA) is 32.3 Å². The Morgan fingerprint density at radius 3 is 2.27 bits per heavy atom. The van der Waals surface area contributed by atoms with Gasteiger partial charge in [0, 0.05) is 12.6 Å². The summed E-state index contributed by atoms with van der Waals surface area (Å²) in [5.74, 6) is 0. The normalized spacial score (nSPS) is 28.6. The van der Waals surface area contributed by atoms with Gasteiger partial charge in [-0.15, -0.1) is 0 Å². The summed E-state index contributed by atoms with van der Waals surface area (Å²) >= 11 is 0. The molecule has 0 spiro atoms. The van der Waals surface area contributed by atoms with Gasteiger partial charge in [-0.25, -0.2) is 0 Å². The molecule has 1 unspecified atom stereocenters. The molecule has 11 heavy (non-hydrogen) atoms. The Morgan fingerprint density at radius 2 is 2.00 bits per heavy atom. The number of rotatable bonds is 3. The molecular formula is C9H19NO. The molecule has 0 aromatic rings. The summed E-state index contributed by atoms with van der Waals surface area (Å²) in [4.78, 5) is 0. The molecule has 0 bridgehead atoms. The highest BCUT2D eigenvalue weighted by Gasteiger charge is 2.45. The first kappa shape index (κ1) is 9.01. The van der Waals surface area contributed by atoms with Crippen LogP contribution in [0.25, 0.3) is 0 Å². The van der Waals surface area contributed by atoms with E-state index in [1.54, 1.807) is 0 Å². The third-order valence-electron chi connectivity index (χ3n) is 2.29. The second kappa shape index (κ2) is 2.46. The molecule has 0 aromatic heterocycles. The molecule has 1 rings (SSSR count). The second-order valence-corrected chi connectivity index (χ2v) is 4.94. The van der Waals surface area contributed by atoms with Gasteiger partial charge in [0.25, 0.3) is 0 Å². The van der Waals surface area contributed by atoms with Gasteiger partial charge >= 0.3 is 0 Å². The zero-order valence-corrected chi connectivity index (χ0v) is 7.94. The van der Waals surface area contributed by atoms with Crippen LogP contribution < -0.4 is 5.32 Å². The van der Waals surface area contributed by atoms with Crippen LogP contribution in [0.5, 0.6) is 0 Å². The van der Waals surface area contributed by atoms with E-state index in [1.807, 2.05) is 13.8 Å². The van der Waals surface area contributed by atoms with Crippen LogP contribution in [0.15, 0.2) is 0 Å². The van der Waals surface area contributed by atoms with Crippen molar-refractivity contribution in [2.45, 2.75) is 45.8 Å². The molecule has 1 aliphatic carbocycles. The van der Waals surface area contributed by atoms with Gasteiger partial charge in [-0.2, -0.15) is 0 Å². The lowest BCUT2D eigenvalue weighted by atomic mass is 10.1. The van der Waals surface area contributed by atoms with Gasteiger partial charge < -0.3 is 10.4 Å². The fourth-order valence-electron chi connectivity index (χ4n) is 1.19. The quantitative estimate of drug-likeness (QED) is 0.644. The maximum absolute atomic E-state index is 9.40. The lowest BCUT2D eigenvalue weighted by molar-refractivity contribution is 0.0785. The van der Waals surface area contributed by atoms with Gasteiger partial charge in [0.05, 0.1) is 5.60 Å². The minimum absolute atomic E-state index is 0.464. The average molecular weight is 157 g/mol. The van der Waals surface area contributed by atoms with Crippen molar-refractivity contribution in [3.8, 4) is 0 Å². The lowest BCUT2D eigenvalue weighted by Gasteiger charge is -2.18. The molecule has 2 heteroatoms. The first-order chi connectivity index (χ1) is 4.81. The summed E-state index contributed by atoms with van der Waals surface area (Å²) in [5.41, 5.74) is -0.107. The van der Waals surface area contributed by atoms with Crippen LogP contribution in [0.1, 0.15) is 34.1 Å². The average Bonchev–Trinajstić information content (AvgIpc) is 2.33. The lowest BCUT2D eigenvalue weighted by Crippen LogP contribution is -2.37. The van der Waals surface area contributed by atoms with Crippen LogP contribution in [0.3, 0.4) is 0 Å². The maximum Gasteiger partial charge on any atom is 0.0715 e. The molecule has 0 aromatic carbocycles. The SMILES string of the molecule is CC(C)(O)CNC1CC1(C)C. The molecule has 2 nitrogen and oxygen atoms in total. The van der Waals surface area contributed by atoms with E-state index in [2.05, 4.69) is 19.2 Å². The molecule has 1 saturated carbocycles. The Labute approximate surface area is 69.0 Å². The van der Waals surface area contributed by atoms with Gasteiger partial charge in [-0.3, -0.25) is 0 Å². The summed E-state index contributed by atoms with van der Waals surface area (Å²) in [6.45, 7) is 8.84. The minimum atomic E-state index is -0.571. The second-order valence-electron chi connectivity index (χ2n) is 4.94. The zero-order chi connectivity index (χ0) is 8.70. The largest absolute Gasteiger partial charge is 0.389 e. The first-order valence-electron chi connectivity index (χ1n) is 4.27. The Morgan fingerprint density at radius 1 is 1.55 bits per heavy atom. The van der Waals surface area contributed by atoms with E-state index in [1.165, 1.54) is 6.42 Å². The molecule has 0 heterocycles. The molecule has 0 amide bonds. The van der Waals surface area contributed by atoms with E-state index in [-0.39, 0.29) is 0 Å². The van der Waals surface area contributed by atoms with E-state index < -0.39 is 5.60 Å². The number of aliphatic hydroxyl groups is 1. The monoisotopic (exact) mass is 157 g/mol. The maximum atomic E-state index is 9.40. The molecule has 0 saturated heterocycles. The van der Waals surface area contributed by atoms with E-state index in [0.717, 1.165) is 0 Å². The predicted molar refractivity (Wildman–Crippen MR) is 46.5 cm³/mol. The Hall–Kier alpha value is -0.0800.